The normalized spacial score (nSPS) is 23.0. The fourth-order valence-corrected chi connectivity index (χ4v) is 4.41. The number of benzene rings is 1. The number of hydrogen-bond acceptors (Lipinski definition) is 3. The third-order valence-corrected chi connectivity index (χ3v) is 5.93. The van der Waals surface area contributed by atoms with Gasteiger partial charge >= 0.3 is 0 Å². The molecule has 0 saturated carbocycles. The van der Waals surface area contributed by atoms with Crippen molar-refractivity contribution in [3.05, 3.63) is 29.8 Å². The summed E-state index contributed by atoms with van der Waals surface area (Å²) in [7, 11) is -3.32. The molecule has 2 unspecified atom stereocenters. The number of rotatable bonds is 3. The first-order valence-electron chi connectivity index (χ1n) is 6.67. The van der Waals surface area contributed by atoms with Gasteiger partial charge in [-0.3, -0.25) is 4.79 Å². The van der Waals surface area contributed by atoms with Crippen LogP contribution in [-0.2, 0) is 14.6 Å². The Morgan fingerprint density at radius 1 is 1.35 bits per heavy atom. The first kappa shape index (κ1) is 15.3. The molecule has 0 spiro atoms. The average molecular weight is 316 g/mol. The lowest BCUT2D eigenvalue weighted by atomic mass is 10.1. The number of alkyl halides is 1. The van der Waals surface area contributed by atoms with Crippen molar-refractivity contribution in [1.29, 1.82) is 0 Å². The lowest BCUT2D eigenvalue weighted by molar-refractivity contribution is -0.116. The maximum absolute atomic E-state index is 12.2. The number of carbonyl (C=O) groups is 1. The molecule has 1 aromatic carbocycles. The number of sulfone groups is 1. The summed E-state index contributed by atoms with van der Waals surface area (Å²) in [6, 6.07) is 7.18. The van der Waals surface area contributed by atoms with Crippen LogP contribution in [0.2, 0.25) is 0 Å². The molecule has 4 nitrogen and oxygen atoms in total. The van der Waals surface area contributed by atoms with Gasteiger partial charge in [0.05, 0.1) is 11.1 Å². The van der Waals surface area contributed by atoms with Crippen molar-refractivity contribution in [1.82, 2.24) is 0 Å². The Bertz CT molecular complexity index is 598. The number of para-hydroxylation sites is 1. The molecule has 1 heterocycles. The number of anilines is 1. The molecule has 1 aliphatic rings. The SMILES string of the molecule is CC(Cl)c1ccccc1NC(=O)C1CCCCS1(=O)=O. The van der Waals surface area contributed by atoms with Crippen LogP contribution in [0.3, 0.4) is 0 Å². The predicted octanol–water partition coefficient (Wildman–Crippen LogP) is 2.89. The first-order chi connectivity index (χ1) is 9.42. The molecule has 0 radical (unpaired) electrons. The van der Waals surface area contributed by atoms with Gasteiger partial charge in [0.2, 0.25) is 5.91 Å². The van der Waals surface area contributed by atoms with Gasteiger partial charge in [-0.1, -0.05) is 24.6 Å². The van der Waals surface area contributed by atoms with E-state index in [2.05, 4.69) is 5.32 Å². The number of carbonyl (C=O) groups excluding carboxylic acids is 1. The van der Waals surface area contributed by atoms with E-state index in [0.29, 0.717) is 18.5 Å². The molecule has 1 N–H and O–H groups in total. The second kappa shape index (κ2) is 6.14. The van der Waals surface area contributed by atoms with Crippen LogP contribution < -0.4 is 5.32 Å². The zero-order valence-electron chi connectivity index (χ0n) is 11.3. The molecule has 0 bridgehead atoms. The molecule has 20 heavy (non-hydrogen) atoms. The number of halogens is 1. The second-order valence-corrected chi connectivity index (χ2v) is 8.00. The average Bonchev–Trinajstić information content (AvgIpc) is 2.38. The smallest absolute Gasteiger partial charge is 0.242 e. The first-order valence-corrected chi connectivity index (χ1v) is 8.82. The highest BCUT2D eigenvalue weighted by molar-refractivity contribution is 7.92. The van der Waals surface area contributed by atoms with Gasteiger partial charge in [0.1, 0.15) is 5.25 Å². The maximum Gasteiger partial charge on any atom is 0.242 e. The Kier molecular flexibility index (Phi) is 4.70. The van der Waals surface area contributed by atoms with E-state index in [0.717, 1.165) is 12.0 Å². The Hall–Kier alpha value is -1.07. The fourth-order valence-electron chi connectivity index (χ4n) is 2.42. The Morgan fingerprint density at radius 3 is 2.70 bits per heavy atom. The van der Waals surface area contributed by atoms with Crippen molar-refractivity contribution in [3.8, 4) is 0 Å². The van der Waals surface area contributed by atoms with Crippen molar-refractivity contribution >= 4 is 33.0 Å². The van der Waals surface area contributed by atoms with Crippen molar-refractivity contribution in [2.45, 2.75) is 36.8 Å². The highest BCUT2D eigenvalue weighted by Gasteiger charge is 2.35. The molecule has 0 aromatic heterocycles. The number of amides is 1. The highest BCUT2D eigenvalue weighted by Crippen LogP contribution is 2.28. The van der Waals surface area contributed by atoms with E-state index in [1.165, 1.54) is 0 Å². The lowest BCUT2D eigenvalue weighted by Gasteiger charge is -2.22. The van der Waals surface area contributed by atoms with Crippen molar-refractivity contribution in [2.24, 2.45) is 0 Å². The van der Waals surface area contributed by atoms with Gasteiger partial charge in [-0.25, -0.2) is 8.42 Å². The Labute approximate surface area is 124 Å². The highest BCUT2D eigenvalue weighted by atomic mass is 35.5. The minimum Gasteiger partial charge on any atom is -0.325 e. The molecule has 2 rings (SSSR count). The van der Waals surface area contributed by atoms with Crippen molar-refractivity contribution < 1.29 is 13.2 Å². The van der Waals surface area contributed by atoms with E-state index >= 15 is 0 Å². The number of hydrogen-bond donors (Lipinski definition) is 1. The quantitative estimate of drug-likeness (QED) is 0.872. The standard InChI is InChI=1S/C14H18ClNO3S/c1-10(15)11-6-2-3-7-12(11)16-14(17)13-8-4-5-9-20(13,18)19/h2-3,6-7,10,13H,4-5,8-9H2,1H3,(H,16,17). The van der Waals surface area contributed by atoms with Crippen LogP contribution in [0.5, 0.6) is 0 Å². The summed E-state index contributed by atoms with van der Waals surface area (Å²) >= 11 is 6.06. The summed E-state index contributed by atoms with van der Waals surface area (Å²) < 4.78 is 23.9. The molecular weight excluding hydrogens is 298 g/mol. The van der Waals surface area contributed by atoms with Gasteiger partial charge in [0.15, 0.2) is 9.84 Å². The third kappa shape index (κ3) is 3.33. The van der Waals surface area contributed by atoms with Gasteiger partial charge in [0, 0.05) is 5.69 Å². The molecule has 1 aromatic rings. The van der Waals surface area contributed by atoms with E-state index in [9.17, 15) is 13.2 Å². The summed E-state index contributed by atoms with van der Waals surface area (Å²) in [5, 5.41) is 1.52. The Morgan fingerprint density at radius 2 is 2.05 bits per heavy atom. The van der Waals surface area contributed by atoms with Crippen molar-refractivity contribution in [2.75, 3.05) is 11.1 Å². The number of nitrogens with one attached hydrogen (secondary N) is 1. The second-order valence-electron chi connectivity index (χ2n) is 5.04. The topological polar surface area (TPSA) is 63.2 Å². The van der Waals surface area contributed by atoms with Crippen LogP contribution in [0, 0.1) is 0 Å². The molecule has 110 valence electrons. The summed E-state index contributed by atoms with van der Waals surface area (Å²) in [4.78, 5) is 12.2. The van der Waals surface area contributed by atoms with Gasteiger partial charge in [0.25, 0.3) is 0 Å². The zero-order valence-corrected chi connectivity index (χ0v) is 12.9. The molecule has 1 aliphatic heterocycles. The van der Waals surface area contributed by atoms with Crippen LogP contribution in [0.15, 0.2) is 24.3 Å². The molecule has 0 aliphatic carbocycles. The van der Waals surface area contributed by atoms with Gasteiger partial charge < -0.3 is 5.32 Å². The summed E-state index contributed by atoms with van der Waals surface area (Å²) in [6.07, 6.45) is 1.80. The molecule has 6 heteroatoms. The summed E-state index contributed by atoms with van der Waals surface area (Å²) in [6.45, 7) is 1.81. The third-order valence-electron chi connectivity index (χ3n) is 3.52. The van der Waals surface area contributed by atoms with Gasteiger partial charge in [-0.05, 0) is 31.4 Å². The largest absolute Gasteiger partial charge is 0.325 e. The van der Waals surface area contributed by atoms with Crippen LogP contribution in [-0.4, -0.2) is 25.3 Å². The van der Waals surface area contributed by atoms with E-state index in [1.807, 2.05) is 19.1 Å². The van der Waals surface area contributed by atoms with E-state index in [4.69, 9.17) is 11.6 Å². The fraction of sp³-hybridized carbons (Fsp3) is 0.500. The maximum atomic E-state index is 12.2. The molecule has 1 saturated heterocycles. The van der Waals surface area contributed by atoms with Crippen LogP contribution >= 0.6 is 11.6 Å². The molecule has 1 fully saturated rings. The van der Waals surface area contributed by atoms with Crippen LogP contribution in [0.1, 0.15) is 37.1 Å². The van der Waals surface area contributed by atoms with E-state index < -0.39 is 21.0 Å². The minimum absolute atomic E-state index is 0.0959. The van der Waals surface area contributed by atoms with Crippen molar-refractivity contribution in [3.63, 3.8) is 0 Å². The zero-order chi connectivity index (χ0) is 14.8. The summed E-state index contributed by atoms with van der Waals surface area (Å²) in [5.74, 6) is -0.354. The van der Waals surface area contributed by atoms with E-state index in [1.54, 1.807) is 12.1 Å². The summed E-state index contributed by atoms with van der Waals surface area (Å²) in [5.41, 5.74) is 1.37. The van der Waals surface area contributed by atoms with Gasteiger partial charge in [-0.15, -0.1) is 11.6 Å². The molecular formula is C14H18ClNO3S. The predicted molar refractivity (Wildman–Crippen MR) is 80.8 cm³/mol. The Balaban J connectivity index is 2.20. The molecule has 1 amide bonds. The van der Waals surface area contributed by atoms with E-state index in [-0.39, 0.29) is 11.1 Å². The van der Waals surface area contributed by atoms with Crippen LogP contribution in [0.4, 0.5) is 5.69 Å². The molecule has 2 atom stereocenters. The lowest BCUT2D eigenvalue weighted by Crippen LogP contribution is -2.39. The monoisotopic (exact) mass is 315 g/mol. The minimum atomic E-state index is -3.32. The van der Waals surface area contributed by atoms with Gasteiger partial charge in [-0.2, -0.15) is 0 Å². The van der Waals surface area contributed by atoms with Crippen LogP contribution in [0.25, 0.3) is 0 Å².